The molecule has 0 aromatic carbocycles. The monoisotopic (exact) mass is 212 g/mol. The average Bonchev–Trinajstić information content (AvgIpc) is 2.27. The van der Waals surface area contributed by atoms with Crippen LogP contribution >= 0.6 is 0 Å². The summed E-state index contributed by atoms with van der Waals surface area (Å²) in [6.07, 6.45) is 7.44. The lowest BCUT2D eigenvalue weighted by Gasteiger charge is -2.40. The maximum atomic E-state index is 10.1. The summed E-state index contributed by atoms with van der Waals surface area (Å²) >= 11 is 0. The highest BCUT2D eigenvalue weighted by atomic mass is 16.5. The van der Waals surface area contributed by atoms with Crippen LogP contribution in [0.15, 0.2) is 0 Å². The summed E-state index contributed by atoms with van der Waals surface area (Å²) in [5, 5.41) is 10.1. The van der Waals surface area contributed by atoms with Crippen LogP contribution < -0.4 is 0 Å². The van der Waals surface area contributed by atoms with Crippen molar-refractivity contribution in [2.75, 3.05) is 19.8 Å². The molecule has 0 spiro atoms. The molecule has 1 aliphatic rings. The SMILES string of the molecule is C#CCCC(O)C1(OCC)CCOCC1. The highest BCUT2D eigenvalue weighted by molar-refractivity contribution is 4.94. The second-order valence-electron chi connectivity index (χ2n) is 3.87. The maximum Gasteiger partial charge on any atom is 0.0984 e. The van der Waals surface area contributed by atoms with Crippen molar-refractivity contribution in [2.24, 2.45) is 0 Å². The Bertz CT molecular complexity index is 208. The molecule has 1 fully saturated rings. The molecule has 0 aliphatic carbocycles. The van der Waals surface area contributed by atoms with E-state index in [0.717, 1.165) is 12.8 Å². The van der Waals surface area contributed by atoms with Crippen LogP contribution in [0.5, 0.6) is 0 Å². The summed E-state index contributed by atoms with van der Waals surface area (Å²) in [6, 6.07) is 0. The van der Waals surface area contributed by atoms with Crippen LogP contribution in [-0.4, -0.2) is 36.6 Å². The first kappa shape index (κ1) is 12.5. The highest BCUT2D eigenvalue weighted by Crippen LogP contribution is 2.30. The summed E-state index contributed by atoms with van der Waals surface area (Å²) in [5.41, 5.74) is -0.427. The Morgan fingerprint density at radius 2 is 2.20 bits per heavy atom. The fourth-order valence-electron chi connectivity index (χ4n) is 2.06. The van der Waals surface area contributed by atoms with E-state index in [-0.39, 0.29) is 0 Å². The fraction of sp³-hybridized carbons (Fsp3) is 0.833. The van der Waals surface area contributed by atoms with E-state index in [2.05, 4.69) is 5.92 Å². The summed E-state index contributed by atoms with van der Waals surface area (Å²) in [5.74, 6) is 2.55. The van der Waals surface area contributed by atoms with Gasteiger partial charge in [-0.3, -0.25) is 0 Å². The largest absolute Gasteiger partial charge is 0.390 e. The Balaban J connectivity index is 2.58. The molecule has 0 saturated carbocycles. The molecule has 0 aromatic heterocycles. The van der Waals surface area contributed by atoms with Crippen molar-refractivity contribution in [3.8, 4) is 12.3 Å². The Morgan fingerprint density at radius 1 is 1.53 bits per heavy atom. The van der Waals surface area contributed by atoms with Crippen LogP contribution in [0.3, 0.4) is 0 Å². The summed E-state index contributed by atoms with van der Waals surface area (Å²) in [6.45, 7) is 3.89. The van der Waals surface area contributed by atoms with Gasteiger partial charge in [-0.05, 0) is 13.3 Å². The van der Waals surface area contributed by atoms with Crippen molar-refractivity contribution in [1.29, 1.82) is 0 Å². The summed E-state index contributed by atoms with van der Waals surface area (Å²) < 4.78 is 11.0. The normalized spacial score (nSPS) is 21.9. The van der Waals surface area contributed by atoms with Crippen molar-refractivity contribution in [1.82, 2.24) is 0 Å². The lowest BCUT2D eigenvalue weighted by atomic mass is 9.85. The molecule has 1 atom stereocenters. The lowest BCUT2D eigenvalue weighted by Crippen LogP contribution is -2.49. The van der Waals surface area contributed by atoms with Gasteiger partial charge in [0.1, 0.15) is 0 Å². The minimum atomic E-state index is -0.475. The van der Waals surface area contributed by atoms with E-state index in [0.29, 0.717) is 32.7 Å². The van der Waals surface area contributed by atoms with Gasteiger partial charge in [-0.25, -0.2) is 0 Å². The van der Waals surface area contributed by atoms with Crippen LogP contribution in [0.2, 0.25) is 0 Å². The smallest absolute Gasteiger partial charge is 0.0984 e. The van der Waals surface area contributed by atoms with Crippen molar-refractivity contribution >= 4 is 0 Å². The molecule has 0 amide bonds. The van der Waals surface area contributed by atoms with Crippen molar-refractivity contribution in [3.63, 3.8) is 0 Å². The first-order valence-electron chi connectivity index (χ1n) is 5.58. The quantitative estimate of drug-likeness (QED) is 0.699. The second kappa shape index (κ2) is 6.12. The van der Waals surface area contributed by atoms with Crippen LogP contribution in [0.25, 0.3) is 0 Å². The molecular weight excluding hydrogens is 192 g/mol. The predicted octanol–water partition coefficient (Wildman–Crippen LogP) is 1.35. The number of hydrogen-bond acceptors (Lipinski definition) is 3. The Kier molecular flexibility index (Phi) is 5.10. The minimum absolute atomic E-state index is 0.427. The third-order valence-electron chi connectivity index (χ3n) is 2.94. The first-order valence-corrected chi connectivity index (χ1v) is 5.58. The van der Waals surface area contributed by atoms with Gasteiger partial charge >= 0.3 is 0 Å². The molecule has 86 valence electrons. The molecule has 1 unspecified atom stereocenters. The first-order chi connectivity index (χ1) is 7.25. The molecule has 3 heteroatoms. The molecule has 3 nitrogen and oxygen atoms in total. The third-order valence-corrected chi connectivity index (χ3v) is 2.94. The highest BCUT2D eigenvalue weighted by Gasteiger charge is 2.39. The van der Waals surface area contributed by atoms with Crippen molar-refractivity contribution in [3.05, 3.63) is 0 Å². The number of terminal acetylenes is 1. The molecular formula is C12H20O3. The van der Waals surface area contributed by atoms with Gasteiger partial charge in [-0.15, -0.1) is 12.3 Å². The number of ether oxygens (including phenoxy) is 2. The van der Waals surface area contributed by atoms with Gasteiger partial charge in [0.05, 0.1) is 11.7 Å². The van der Waals surface area contributed by atoms with Gasteiger partial charge in [0.2, 0.25) is 0 Å². The molecule has 0 bridgehead atoms. The number of aliphatic hydroxyl groups excluding tert-OH is 1. The predicted molar refractivity (Wildman–Crippen MR) is 58.5 cm³/mol. The van der Waals surface area contributed by atoms with Gasteiger partial charge in [0, 0.05) is 39.1 Å². The van der Waals surface area contributed by atoms with E-state index in [1.54, 1.807) is 0 Å². The minimum Gasteiger partial charge on any atom is -0.390 e. The zero-order valence-electron chi connectivity index (χ0n) is 9.37. The lowest BCUT2D eigenvalue weighted by molar-refractivity contribution is -0.166. The number of rotatable bonds is 5. The van der Waals surface area contributed by atoms with Gasteiger partial charge < -0.3 is 14.6 Å². The molecule has 1 heterocycles. The van der Waals surface area contributed by atoms with E-state index >= 15 is 0 Å². The number of hydrogen-bond donors (Lipinski definition) is 1. The zero-order chi connectivity index (χ0) is 11.1. The number of aliphatic hydroxyl groups is 1. The van der Waals surface area contributed by atoms with E-state index in [4.69, 9.17) is 15.9 Å². The van der Waals surface area contributed by atoms with Crippen molar-refractivity contribution < 1.29 is 14.6 Å². The molecule has 0 aromatic rings. The molecule has 1 saturated heterocycles. The molecule has 0 radical (unpaired) electrons. The Morgan fingerprint density at radius 3 is 2.73 bits per heavy atom. The molecule has 15 heavy (non-hydrogen) atoms. The van der Waals surface area contributed by atoms with Gasteiger partial charge in [-0.1, -0.05) is 0 Å². The van der Waals surface area contributed by atoms with E-state index in [1.165, 1.54) is 0 Å². The summed E-state index contributed by atoms with van der Waals surface area (Å²) in [4.78, 5) is 0. The molecule has 1 aliphatic heterocycles. The molecule has 1 rings (SSSR count). The average molecular weight is 212 g/mol. The molecule has 1 N–H and O–H groups in total. The van der Waals surface area contributed by atoms with Crippen LogP contribution in [0, 0.1) is 12.3 Å². The van der Waals surface area contributed by atoms with Crippen LogP contribution in [-0.2, 0) is 9.47 Å². The van der Waals surface area contributed by atoms with Crippen molar-refractivity contribution in [2.45, 2.75) is 44.3 Å². The van der Waals surface area contributed by atoms with Crippen LogP contribution in [0.4, 0.5) is 0 Å². The Labute approximate surface area is 91.8 Å². The zero-order valence-corrected chi connectivity index (χ0v) is 9.37. The Hall–Kier alpha value is -0.560. The topological polar surface area (TPSA) is 38.7 Å². The van der Waals surface area contributed by atoms with Gasteiger partial charge in [0.25, 0.3) is 0 Å². The summed E-state index contributed by atoms with van der Waals surface area (Å²) in [7, 11) is 0. The van der Waals surface area contributed by atoms with E-state index in [1.807, 2.05) is 6.92 Å². The second-order valence-corrected chi connectivity index (χ2v) is 3.87. The van der Waals surface area contributed by atoms with Crippen LogP contribution in [0.1, 0.15) is 32.6 Å². The standard InChI is InChI=1S/C12H20O3/c1-3-5-6-11(13)12(15-4-2)7-9-14-10-8-12/h1,11,13H,4-10H2,2H3. The van der Waals surface area contributed by atoms with Gasteiger partial charge in [-0.2, -0.15) is 0 Å². The van der Waals surface area contributed by atoms with E-state index in [9.17, 15) is 5.11 Å². The fourth-order valence-corrected chi connectivity index (χ4v) is 2.06. The van der Waals surface area contributed by atoms with E-state index < -0.39 is 11.7 Å². The third kappa shape index (κ3) is 3.20. The van der Waals surface area contributed by atoms with Gasteiger partial charge in [0.15, 0.2) is 0 Å². The maximum absolute atomic E-state index is 10.1.